The molecule has 0 saturated heterocycles. The van der Waals surface area contributed by atoms with E-state index in [0.29, 0.717) is 0 Å². The van der Waals surface area contributed by atoms with E-state index in [1.165, 1.54) is 0 Å². The molecular weight excluding hydrogens is 158 g/mol. The summed E-state index contributed by atoms with van der Waals surface area (Å²) in [6.07, 6.45) is 0. The van der Waals surface area contributed by atoms with E-state index in [9.17, 15) is 0 Å². The third-order valence-corrected chi connectivity index (χ3v) is 2.18. The number of benzene rings is 1. The van der Waals surface area contributed by atoms with Crippen molar-refractivity contribution in [3.8, 4) is 0 Å². The molecule has 0 unspecified atom stereocenters. The van der Waals surface area contributed by atoms with Crippen LogP contribution in [0.2, 0.25) is 5.02 Å². The predicted octanol–water partition coefficient (Wildman–Crippen LogP) is 2.37. The van der Waals surface area contributed by atoms with Gasteiger partial charge in [-0.25, -0.2) is 0 Å². The fraction of sp³-hybridized carbons (Fsp3) is 0.333. The van der Waals surface area contributed by atoms with E-state index >= 15 is 0 Å². The zero-order valence-electron chi connectivity index (χ0n) is 6.82. The van der Waals surface area contributed by atoms with Crippen molar-refractivity contribution < 1.29 is 0 Å². The average molecular weight is 170 g/mol. The molecule has 0 heterocycles. The van der Waals surface area contributed by atoms with Gasteiger partial charge in [-0.05, 0) is 25.1 Å². The van der Waals surface area contributed by atoms with E-state index in [1.54, 1.807) is 0 Å². The lowest BCUT2D eigenvalue weighted by Crippen LogP contribution is -2.05. The highest BCUT2D eigenvalue weighted by atomic mass is 35.5. The summed E-state index contributed by atoms with van der Waals surface area (Å²) in [6.45, 7) is 2.85. The smallest absolute Gasteiger partial charge is 0.0480 e. The lowest BCUT2D eigenvalue weighted by atomic mass is 10.1. The van der Waals surface area contributed by atoms with Crippen LogP contribution >= 0.6 is 11.6 Å². The molecule has 2 heteroatoms. The van der Waals surface area contributed by atoms with Gasteiger partial charge in [0, 0.05) is 11.6 Å². The van der Waals surface area contributed by atoms with Crippen LogP contribution in [0, 0.1) is 6.92 Å². The number of hydrogen-bond acceptors (Lipinski definition) is 1. The first-order valence-corrected chi connectivity index (χ1v) is 4.02. The van der Waals surface area contributed by atoms with Crippen LogP contribution in [-0.2, 0) is 6.54 Å². The molecule has 0 aliphatic carbocycles. The quantitative estimate of drug-likeness (QED) is 0.717. The van der Waals surface area contributed by atoms with E-state index < -0.39 is 0 Å². The second kappa shape index (κ2) is 3.74. The van der Waals surface area contributed by atoms with Crippen LogP contribution in [0.25, 0.3) is 0 Å². The zero-order chi connectivity index (χ0) is 8.27. The van der Waals surface area contributed by atoms with Gasteiger partial charge < -0.3 is 5.32 Å². The van der Waals surface area contributed by atoms with Gasteiger partial charge in [-0.15, -0.1) is 0 Å². The third kappa shape index (κ3) is 1.95. The Bertz CT molecular complexity index is 245. The minimum absolute atomic E-state index is 0.834. The Morgan fingerprint density at radius 2 is 2.18 bits per heavy atom. The summed E-state index contributed by atoms with van der Waals surface area (Å²) in [5.74, 6) is 0. The highest BCUT2D eigenvalue weighted by Gasteiger charge is 1.99. The largest absolute Gasteiger partial charge is 0.316 e. The summed E-state index contributed by atoms with van der Waals surface area (Å²) >= 11 is 6.03. The van der Waals surface area contributed by atoms with Crippen molar-refractivity contribution >= 4 is 11.6 Å². The SMILES string of the molecule is CNCc1cccc(C)c1Cl. The molecule has 0 bridgehead atoms. The minimum Gasteiger partial charge on any atom is -0.316 e. The van der Waals surface area contributed by atoms with Gasteiger partial charge in [0.15, 0.2) is 0 Å². The number of nitrogens with one attached hydrogen (secondary N) is 1. The van der Waals surface area contributed by atoms with Crippen LogP contribution in [0.15, 0.2) is 18.2 Å². The maximum Gasteiger partial charge on any atom is 0.0480 e. The first-order valence-electron chi connectivity index (χ1n) is 3.64. The van der Waals surface area contributed by atoms with E-state index in [0.717, 1.165) is 22.7 Å². The Balaban J connectivity index is 2.96. The molecule has 0 radical (unpaired) electrons. The summed E-state index contributed by atoms with van der Waals surface area (Å²) in [5.41, 5.74) is 2.30. The fourth-order valence-electron chi connectivity index (χ4n) is 1.04. The lowest BCUT2D eigenvalue weighted by Gasteiger charge is -2.04. The molecule has 1 N–H and O–H groups in total. The van der Waals surface area contributed by atoms with Gasteiger partial charge in [-0.2, -0.15) is 0 Å². The van der Waals surface area contributed by atoms with Crippen molar-refractivity contribution in [2.75, 3.05) is 7.05 Å². The average Bonchev–Trinajstić information content (AvgIpc) is 1.99. The van der Waals surface area contributed by atoms with Gasteiger partial charge in [-0.1, -0.05) is 29.8 Å². The number of hydrogen-bond donors (Lipinski definition) is 1. The van der Waals surface area contributed by atoms with Crippen molar-refractivity contribution in [2.24, 2.45) is 0 Å². The Kier molecular flexibility index (Phi) is 2.92. The Morgan fingerprint density at radius 3 is 2.82 bits per heavy atom. The van der Waals surface area contributed by atoms with Crippen molar-refractivity contribution in [1.29, 1.82) is 0 Å². The molecule has 0 amide bonds. The topological polar surface area (TPSA) is 12.0 Å². The molecule has 0 fully saturated rings. The van der Waals surface area contributed by atoms with Crippen LogP contribution < -0.4 is 5.32 Å². The number of aryl methyl sites for hydroxylation is 1. The Morgan fingerprint density at radius 1 is 1.45 bits per heavy atom. The highest BCUT2D eigenvalue weighted by molar-refractivity contribution is 6.32. The summed E-state index contributed by atoms with van der Waals surface area (Å²) < 4.78 is 0. The molecule has 0 aromatic heterocycles. The molecule has 0 aliphatic heterocycles. The van der Waals surface area contributed by atoms with Crippen molar-refractivity contribution in [1.82, 2.24) is 5.32 Å². The molecule has 11 heavy (non-hydrogen) atoms. The summed E-state index contributed by atoms with van der Waals surface area (Å²) in [4.78, 5) is 0. The normalized spacial score (nSPS) is 10.1. The number of halogens is 1. The van der Waals surface area contributed by atoms with Crippen molar-refractivity contribution in [2.45, 2.75) is 13.5 Å². The second-order valence-electron chi connectivity index (χ2n) is 2.58. The second-order valence-corrected chi connectivity index (χ2v) is 2.96. The fourth-order valence-corrected chi connectivity index (χ4v) is 1.23. The van der Waals surface area contributed by atoms with E-state index in [2.05, 4.69) is 5.32 Å². The van der Waals surface area contributed by atoms with Crippen molar-refractivity contribution in [3.05, 3.63) is 34.3 Å². The molecule has 0 saturated carbocycles. The van der Waals surface area contributed by atoms with Gasteiger partial charge in [0.25, 0.3) is 0 Å². The first-order chi connectivity index (χ1) is 5.25. The third-order valence-electron chi connectivity index (χ3n) is 1.64. The van der Waals surface area contributed by atoms with Crippen LogP contribution in [0.1, 0.15) is 11.1 Å². The van der Waals surface area contributed by atoms with Gasteiger partial charge >= 0.3 is 0 Å². The first kappa shape index (κ1) is 8.57. The molecule has 0 aliphatic rings. The van der Waals surface area contributed by atoms with Crippen LogP contribution in [0.5, 0.6) is 0 Å². The van der Waals surface area contributed by atoms with Gasteiger partial charge in [-0.3, -0.25) is 0 Å². The molecule has 60 valence electrons. The summed E-state index contributed by atoms with van der Waals surface area (Å²) in [6, 6.07) is 6.07. The van der Waals surface area contributed by atoms with Gasteiger partial charge in [0.1, 0.15) is 0 Å². The maximum absolute atomic E-state index is 6.03. The van der Waals surface area contributed by atoms with Crippen molar-refractivity contribution in [3.63, 3.8) is 0 Å². The van der Waals surface area contributed by atoms with E-state index in [1.807, 2.05) is 32.2 Å². The molecule has 1 nitrogen and oxygen atoms in total. The maximum atomic E-state index is 6.03. The Labute approximate surface area is 72.4 Å². The lowest BCUT2D eigenvalue weighted by molar-refractivity contribution is 0.817. The molecule has 0 spiro atoms. The summed E-state index contributed by atoms with van der Waals surface area (Å²) in [5, 5.41) is 3.94. The van der Waals surface area contributed by atoms with Crippen LogP contribution in [0.4, 0.5) is 0 Å². The van der Waals surface area contributed by atoms with E-state index in [4.69, 9.17) is 11.6 Å². The van der Waals surface area contributed by atoms with E-state index in [-0.39, 0.29) is 0 Å². The molecule has 1 aromatic rings. The summed E-state index contributed by atoms with van der Waals surface area (Å²) in [7, 11) is 1.92. The standard InChI is InChI=1S/C9H12ClN/c1-7-4-3-5-8(6-11-2)9(7)10/h3-5,11H,6H2,1-2H3. The van der Waals surface area contributed by atoms with Gasteiger partial charge in [0.05, 0.1) is 0 Å². The molecular formula is C9H12ClN. The minimum atomic E-state index is 0.834. The van der Waals surface area contributed by atoms with Crippen LogP contribution in [-0.4, -0.2) is 7.05 Å². The van der Waals surface area contributed by atoms with Gasteiger partial charge in [0.2, 0.25) is 0 Å². The molecule has 1 rings (SSSR count). The molecule has 1 aromatic carbocycles. The van der Waals surface area contributed by atoms with Crippen LogP contribution in [0.3, 0.4) is 0 Å². The highest BCUT2D eigenvalue weighted by Crippen LogP contribution is 2.19. The predicted molar refractivity (Wildman–Crippen MR) is 49.0 cm³/mol. The Hall–Kier alpha value is -0.530. The molecule has 0 atom stereocenters. The zero-order valence-corrected chi connectivity index (χ0v) is 7.57. The monoisotopic (exact) mass is 169 g/mol. The number of rotatable bonds is 2.